The van der Waals surface area contributed by atoms with E-state index in [-0.39, 0.29) is 0 Å². The van der Waals surface area contributed by atoms with Gasteiger partial charge in [-0.1, -0.05) is 67.4 Å². The zero-order chi connectivity index (χ0) is 18.0. The molecule has 0 bridgehead atoms. The maximum Gasteiger partial charge on any atom is 0.100 e. The molecule has 0 aromatic heterocycles. The molecule has 1 fully saturated rings. The van der Waals surface area contributed by atoms with Gasteiger partial charge in [-0.2, -0.15) is 0 Å². The first kappa shape index (κ1) is 19.3. The molecule has 0 radical (unpaired) electrons. The van der Waals surface area contributed by atoms with Crippen LogP contribution < -0.4 is 0 Å². The Morgan fingerprint density at radius 2 is 1.62 bits per heavy atom. The Labute approximate surface area is 166 Å². The van der Waals surface area contributed by atoms with Gasteiger partial charge in [-0.3, -0.25) is 0 Å². The van der Waals surface area contributed by atoms with Crippen LogP contribution in [-0.4, -0.2) is 10.8 Å². The van der Waals surface area contributed by atoms with E-state index >= 15 is 0 Å². The molecule has 0 amide bonds. The lowest BCUT2D eigenvalue weighted by Gasteiger charge is -2.21. The van der Waals surface area contributed by atoms with E-state index in [1.165, 1.54) is 48.3 Å². The first-order valence-electron chi connectivity index (χ1n) is 9.46. The van der Waals surface area contributed by atoms with Crippen molar-refractivity contribution in [3.05, 3.63) is 71.6 Å². The first-order chi connectivity index (χ1) is 12.8. The summed E-state index contributed by atoms with van der Waals surface area (Å²) in [6.07, 6.45) is 6.98. The monoisotopic (exact) mass is 381 g/mol. The third-order valence-electron chi connectivity index (χ3n) is 4.62. The van der Waals surface area contributed by atoms with Gasteiger partial charge in [0.15, 0.2) is 0 Å². The topological polar surface area (TPSA) is 12.4 Å². The van der Waals surface area contributed by atoms with Crippen LogP contribution in [0.4, 0.5) is 5.69 Å². The Kier molecular flexibility index (Phi) is 7.90. The largest absolute Gasteiger partial charge is 0.242 e. The first-order valence-corrected chi connectivity index (χ1v) is 11.3. The van der Waals surface area contributed by atoms with Gasteiger partial charge in [0.1, 0.15) is 5.04 Å². The van der Waals surface area contributed by atoms with Crippen molar-refractivity contribution in [3.8, 4) is 0 Å². The molecule has 1 aliphatic carbocycles. The molecule has 0 heterocycles. The summed E-state index contributed by atoms with van der Waals surface area (Å²) in [5.74, 6) is 2.04. The molecular formula is C23H27NS2. The van der Waals surface area contributed by atoms with Crippen molar-refractivity contribution in [2.24, 2.45) is 10.9 Å². The summed E-state index contributed by atoms with van der Waals surface area (Å²) >= 11 is 3.71. The van der Waals surface area contributed by atoms with Gasteiger partial charge < -0.3 is 0 Å². The molecule has 3 rings (SSSR count). The summed E-state index contributed by atoms with van der Waals surface area (Å²) in [5.41, 5.74) is 2.29. The molecule has 0 unspecified atom stereocenters. The van der Waals surface area contributed by atoms with Crippen LogP contribution >= 0.6 is 23.5 Å². The number of hydrogen-bond donors (Lipinski definition) is 0. The molecule has 0 saturated heterocycles. The molecule has 0 aliphatic heterocycles. The lowest BCUT2D eigenvalue weighted by molar-refractivity contribution is 0.391. The lowest BCUT2D eigenvalue weighted by Crippen LogP contribution is -2.10. The highest BCUT2D eigenvalue weighted by atomic mass is 32.2. The van der Waals surface area contributed by atoms with Crippen LogP contribution in [0.3, 0.4) is 0 Å². The van der Waals surface area contributed by atoms with Crippen molar-refractivity contribution in [1.29, 1.82) is 0 Å². The minimum absolute atomic E-state index is 0.851. The van der Waals surface area contributed by atoms with Crippen molar-refractivity contribution in [1.82, 2.24) is 0 Å². The molecule has 2 aromatic carbocycles. The molecule has 26 heavy (non-hydrogen) atoms. The summed E-state index contributed by atoms with van der Waals surface area (Å²) in [7, 11) is 0. The van der Waals surface area contributed by atoms with Gasteiger partial charge in [0.2, 0.25) is 0 Å². The Balaban J connectivity index is 1.71. The fourth-order valence-electron chi connectivity index (χ4n) is 3.11. The molecule has 1 saturated carbocycles. The highest BCUT2D eigenvalue weighted by Gasteiger charge is 2.15. The number of hydrogen-bond acceptors (Lipinski definition) is 3. The Morgan fingerprint density at radius 1 is 0.962 bits per heavy atom. The van der Waals surface area contributed by atoms with Crippen molar-refractivity contribution in [2.75, 3.05) is 5.75 Å². The average Bonchev–Trinajstić information content (AvgIpc) is 2.71. The number of aliphatic imine (C=N–C) groups is 1. The summed E-state index contributed by atoms with van der Waals surface area (Å²) in [5, 5.41) is 3.40. The Hall–Kier alpha value is -1.45. The Bertz CT molecular complexity index is 716. The normalized spacial score (nSPS) is 16.7. The molecule has 3 heteroatoms. The number of nitrogens with zero attached hydrogens (tertiary/aromatic N) is 1. The zero-order valence-electron chi connectivity index (χ0n) is 15.4. The molecular weight excluding hydrogens is 354 g/mol. The van der Waals surface area contributed by atoms with E-state index in [1.807, 2.05) is 17.8 Å². The third-order valence-corrected chi connectivity index (χ3v) is 6.96. The molecule has 0 spiro atoms. The van der Waals surface area contributed by atoms with Crippen molar-refractivity contribution >= 4 is 34.3 Å². The van der Waals surface area contributed by atoms with Gasteiger partial charge >= 0.3 is 0 Å². The minimum Gasteiger partial charge on any atom is -0.242 e. The highest BCUT2D eigenvalue weighted by Crippen LogP contribution is 2.30. The van der Waals surface area contributed by atoms with E-state index in [2.05, 4.69) is 66.9 Å². The van der Waals surface area contributed by atoms with Crippen LogP contribution in [-0.2, 0) is 0 Å². The van der Waals surface area contributed by atoms with E-state index in [4.69, 9.17) is 4.99 Å². The van der Waals surface area contributed by atoms with Crippen molar-refractivity contribution < 1.29 is 0 Å². The van der Waals surface area contributed by atoms with Gasteiger partial charge in [-0.05, 0) is 60.9 Å². The predicted octanol–water partition coefficient (Wildman–Crippen LogP) is 7.73. The van der Waals surface area contributed by atoms with Crippen molar-refractivity contribution in [2.45, 2.75) is 43.9 Å². The summed E-state index contributed by atoms with van der Waals surface area (Å²) in [6.45, 7) is 2.19. The quantitative estimate of drug-likeness (QED) is 0.288. The van der Waals surface area contributed by atoms with Crippen LogP contribution in [0.5, 0.6) is 0 Å². The summed E-state index contributed by atoms with van der Waals surface area (Å²) < 4.78 is 0. The van der Waals surface area contributed by atoms with Gasteiger partial charge in [0.25, 0.3) is 0 Å². The van der Waals surface area contributed by atoms with Gasteiger partial charge in [0.05, 0.1) is 5.69 Å². The number of rotatable bonds is 6. The summed E-state index contributed by atoms with van der Waals surface area (Å²) in [4.78, 5) is 6.22. The van der Waals surface area contributed by atoms with Gasteiger partial charge in [-0.25, -0.2) is 4.99 Å². The standard InChI is InChI=1S/C23H27NS2/c1-19(17-25-22-15-9-4-10-16-22)23(24-21-13-7-3-8-14-21)26-18-20-11-5-2-6-12-20/h3-4,7-10,13-17,20H,2,5-6,11-12,18H2,1H3/b19-17+,24-23-. The minimum atomic E-state index is 0.851. The third kappa shape index (κ3) is 6.37. The number of thioether (sulfide) groups is 2. The van der Waals surface area contributed by atoms with E-state index in [0.717, 1.165) is 16.6 Å². The van der Waals surface area contributed by atoms with Crippen LogP contribution in [0.25, 0.3) is 0 Å². The van der Waals surface area contributed by atoms with Crippen LogP contribution in [0, 0.1) is 5.92 Å². The highest BCUT2D eigenvalue weighted by molar-refractivity contribution is 8.14. The van der Waals surface area contributed by atoms with E-state index in [9.17, 15) is 0 Å². The Morgan fingerprint density at radius 3 is 2.31 bits per heavy atom. The van der Waals surface area contributed by atoms with Crippen LogP contribution in [0.15, 0.2) is 81.5 Å². The molecule has 1 aliphatic rings. The smallest absolute Gasteiger partial charge is 0.100 e. The van der Waals surface area contributed by atoms with Crippen LogP contribution in [0.1, 0.15) is 39.0 Å². The summed E-state index contributed by atoms with van der Waals surface area (Å²) in [6, 6.07) is 20.8. The van der Waals surface area contributed by atoms with Gasteiger partial charge in [-0.15, -0.1) is 11.8 Å². The van der Waals surface area contributed by atoms with E-state index < -0.39 is 0 Å². The molecule has 136 valence electrons. The molecule has 2 aromatic rings. The van der Waals surface area contributed by atoms with Gasteiger partial charge in [0, 0.05) is 10.6 Å². The fraction of sp³-hybridized carbons (Fsp3) is 0.348. The molecule has 1 nitrogen and oxygen atoms in total. The number of benzene rings is 2. The van der Waals surface area contributed by atoms with E-state index in [1.54, 1.807) is 11.8 Å². The SMILES string of the molecule is CC(=C\Sc1ccccc1)/C(=N/c1ccccc1)SCC1CCCCC1. The second-order valence-electron chi connectivity index (χ2n) is 6.80. The van der Waals surface area contributed by atoms with E-state index in [0.29, 0.717) is 0 Å². The maximum absolute atomic E-state index is 4.95. The second-order valence-corrected chi connectivity index (χ2v) is 8.75. The van der Waals surface area contributed by atoms with Crippen LogP contribution in [0.2, 0.25) is 0 Å². The molecule has 0 atom stereocenters. The fourth-order valence-corrected chi connectivity index (χ4v) is 5.11. The zero-order valence-corrected chi connectivity index (χ0v) is 17.1. The van der Waals surface area contributed by atoms with Crippen molar-refractivity contribution in [3.63, 3.8) is 0 Å². The second kappa shape index (κ2) is 10.6. The molecule has 0 N–H and O–H groups in total. The lowest BCUT2D eigenvalue weighted by atomic mass is 9.91. The predicted molar refractivity (Wildman–Crippen MR) is 119 cm³/mol. The maximum atomic E-state index is 4.95. The average molecular weight is 382 g/mol. The number of para-hydroxylation sites is 1.